The fourth-order valence-electron chi connectivity index (χ4n) is 2.29. The van der Waals surface area contributed by atoms with Crippen LogP contribution in [0.4, 0.5) is 5.69 Å². The lowest BCUT2D eigenvalue weighted by atomic mass is 10.1. The summed E-state index contributed by atoms with van der Waals surface area (Å²) >= 11 is 0. The van der Waals surface area contributed by atoms with Gasteiger partial charge >= 0.3 is 0 Å². The van der Waals surface area contributed by atoms with Gasteiger partial charge in [-0.25, -0.2) is 0 Å². The number of rotatable bonds is 2. The molecule has 0 radical (unpaired) electrons. The molecule has 16 heavy (non-hydrogen) atoms. The number of hydrogen-bond acceptors (Lipinski definition) is 2. The molecule has 2 aromatic rings. The Bertz CT molecular complexity index is 570. The van der Waals surface area contributed by atoms with Gasteiger partial charge in [0.1, 0.15) is 0 Å². The average molecular weight is 218 g/mol. The van der Waals surface area contributed by atoms with Crippen LogP contribution in [-0.4, -0.2) is 9.49 Å². The van der Waals surface area contributed by atoms with Crippen molar-refractivity contribution in [3.05, 3.63) is 39.6 Å². The first-order chi connectivity index (χ1) is 7.56. The number of aryl methyl sites for hydroxylation is 3. The lowest BCUT2D eigenvalue weighted by Crippen LogP contribution is -1.97. The van der Waals surface area contributed by atoms with Crippen LogP contribution in [0.25, 0.3) is 10.9 Å². The monoisotopic (exact) mass is 218 g/mol. The third-order valence-electron chi connectivity index (χ3n) is 2.97. The predicted molar refractivity (Wildman–Crippen MR) is 63.7 cm³/mol. The molecule has 0 saturated carbocycles. The molecule has 0 bridgehead atoms. The van der Waals surface area contributed by atoms with Crippen LogP contribution in [0.5, 0.6) is 0 Å². The molecule has 0 amide bonds. The maximum Gasteiger partial charge on any atom is 0.274 e. The van der Waals surface area contributed by atoms with Gasteiger partial charge in [-0.2, -0.15) is 0 Å². The molecular formula is C12H14N2O2. The fraction of sp³-hybridized carbons (Fsp3) is 0.333. The Labute approximate surface area is 93.6 Å². The standard InChI is InChI=1S/C12H14N2O2/c1-4-9-11(14(15)16)6-5-10-8(2)7-13(3)12(9)10/h5-7H,4H2,1-3H3. The number of aromatic nitrogens is 1. The molecule has 2 rings (SSSR count). The van der Waals surface area contributed by atoms with Crippen molar-refractivity contribution in [3.8, 4) is 0 Å². The Morgan fingerprint density at radius 1 is 1.44 bits per heavy atom. The smallest absolute Gasteiger partial charge is 0.274 e. The molecule has 4 heteroatoms. The van der Waals surface area contributed by atoms with Crippen molar-refractivity contribution in [2.75, 3.05) is 0 Å². The summed E-state index contributed by atoms with van der Waals surface area (Å²) in [5.41, 5.74) is 3.17. The lowest BCUT2D eigenvalue weighted by molar-refractivity contribution is -0.385. The molecule has 0 spiro atoms. The summed E-state index contributed by atoms with van der Waals surface area (Å²) in [6.07, 6.45) is 2.68. The largest absolute Gasteiger partial charge is 0.350 e. The van der Waals surface area contributed by atoms with E-state index >= 15 is 0 Å². The highest BCUT2D eigenvalue weighted by molar-refractivity contribution is 5.89. The molecule has 0 saturated heterocycles. The Balaban J connectivity index is 2.90. The zero-order valence-corrected chi connectivity index (χ0v) is 9.65. The zero-order chi connectivity index (χ0) is 11.9. The first-order valence-electron chi connectivity index (χ1n) is 5.28. The van der Waals surface area contributed by atoms with Crippen LogP contribution >= 0.6 is 0 Å². The second-order valence-electron chi connectivity index (χ2n) is 3.99. The molecule has 0 aliphatic rings. The first kappa shape index (κ1) is 10.7. The second-order valence-corrected chi connectivity index (χ2v) is 3.99. The maximum atomic E-state index is 10.9. The first-order valence-corrected chi connectivity index (χ1v) is 5.28. The van der Waals surface area contributed by atoms with E-state index in [0.717, 1.165) is 22.0 Å². The average Bonchev–Trinajstić information content (AvgIpc) is 2.53. The molecule has 0 fully saturated rings. The molecule has 0 aliphatic carbocycles. The topological polar surface area (TPSA) is 48.1 Å². The third-order valence-corrected chi connectivity index (χ3v) is 2.97. The molecular weight excluding hydrogens is 204 g/mol. The number of benzene rings is 1. The highest BCUT2D eigenvalue weighted by Crippen LogP contribution is 2.30. The van der Waals surface area contributed by atoms with Crippen molar-refractivity contribution >= 4 is 16.6 Å². The van der Waals surface area contributed by atoms with E-state index in [2.05, 4.69) is 0 Å². The van der Waals surface area contributed by atoms with Gasteiger partial charge in [0.15, 0.2) is 0 Å². The van der Waals surface area contributed by atoms with Crippen LogP contribution in [0.3, 0.4) is 0 Å². The molecule has 0 unspecified atom stereocenters. The van der Waals surface area contributed by atoms with Gasteiger partial charge in [0.25, 0.3) is 5.69 Å². The summed E-state index contributed by atoms with van der Waals surface area (Å²) in [7, 11) is 1.93. The van der Waals surface area contributed by atoms with Gasteiger partial charge in [0.2, 0.25) is 0 Å². The zero-order valence-electron chi connectivity index (χ0n) is 9.65. The number of hydrogen-bond donors (Lipinski definition) is 0. The van der Waals surface area contributed by atoms with E-state index in [0.29, 0.717) is 6.42 Å². The van der Waals surface area contributed by atoms with Crippen molar-refractivity contribution < 1.29 is 4.92 Å². The Hall–Kier alpha value is -1.84. The Morgan fingerprint density at radius 2 is 2.12 bits per heavy atom. The van der Waals surface area contributed by atoms with E-state index in [9.17, 15) is 10.1 Å². The van der Waals surface area contributed by atoms with Gasteiger partial charge in [0.05, 0.1) is 16.0 Å². The van der Waals surface area contributed by atoms with Crippen LogP contribution in [0.15, 0.2) is 18.3 Å². The Kier molecular flexibility index (Phi) is 2.42. The number of nitro benzene ring substituents is 1. The molecule has 4 nitrogen and oxygen atoms in total. The van der Waals surface area contributed by atoms with Gasteiger partial charge in [-0.1, -0.05) is 6.92 Å². The van der Waals surface area contributed by atoms with E-state index in [-0.39, 0.29) is 10.6 Å². The molecule has 0 atom stereocenters. The summed E-state index contributed by atoms with van der Waals surface area (Å²) in [6, 6.07) is 3.44. The van der Waals surface area contributed by atoms with Crippen molar-refractivity contribution in [1.29, 1.82) is 0 Å². The summed E-state index contributed by atoms with van der Waals surface area (Å²) in [5, 5.41) is 12.0. The molecule has 1 aromatic heterocycles. The molecule has 84 valence electrons. The van der Waals surface area contributed by atoms with E-state index in [1.807, 2.05) is 37.7 Å². The van der Waals surface area contributed by atoms with Crippen LogP contribution in [0.2, 0.25) is 0 Å². The summed E-state index contributed by atoms with van der Waals surface area (Å²) < 4.78 is 1.97. The molecule has 0 aliphatic heterocycles. The minimum absolute atomic E-state index is 0.219. The van der Waals surface area contributed by atoms with Gasteiger partial charge < -0.3 is 4.57 Å². The van der Waals surface area contributed by atoms with Crippen molar-refractivity contribution in [1.82, 2.24) is 4.57 Å². The van der Waals surface area contributed by atoms with Crippen molar-refractivity contribution in [2.45, 2.75) is 20.3 Å². The van der Waals surface area contributed by atoms with Gasteiger partial charge in [0, 0.05) is 24.7 Å². The number of nitro groups is 1. The maximum absolute atomic E-state index is 10.9. The Morgan fingerprint density at radius 3 is 2.69 bits per heavy atom. The van der Waals surface area contributed by atoms with Crippen molar-refractivity contribution in [3.63, 3.8) is 0 Å². The summed E-state index contributed by atoms with van der Waals surface area (Å²) in [4.78, 5) is 10.6. The van der Waals surface area contributed by atoms with Gasteiger partial charge in [-0.05, 0) is 25.0 Å². The molecule has 1 aromatic carbocycles. The van der Waals surface area contributed by atoms with Crippen LogP contribution < -0.4 is 0 Å². The minimum atomic E-state index is -0.305. The fourth-order valence-corrected chi connectivity index (χ4v) is 2.29. The third kappa shape index (κ3) is 1.38. The lowest BCUT2D eigenvalue weighted by Gasteiger charge is -2.04. The quantitative estimate of drug-likeness (QED) is 0.574. The van der Waals surface area contributed by atoms with Crippen LogP contribution in [0, 0.1) is 17.0 Å². The van der Waals surface area contributed by atoms with Gasteiger partial charge in [-0.15, -0.1) is 0 Å². The molecule has 0 N–H and O–H groups in total. The van der Waals surface area contributed by atoms with E-state index in [1.165, 1.54) is 0 Å². The van der Waals surface area contributed by atoms with E-state index in [1.54, 1.807) is 6.07 Å². The van der Waals surface area contributed by atoms with Crippen molar-refractivity contribution in [2.24, 2.45) is 7.05 Å². The second kappa shape index (κ2) is 3.63. The highest BCUT2D eigenvalue weighted by atomic mass is 16.6. The number of fused-ring (bicyclic) bond motifs is 1. The van der Waals surface area contributed by atoms with Crippen LogP contribution in [0.1, 0.15) is 18.1 Å². The summed E-state index contributed by atoms with van der Waals surface area (Å²) in [6.45, 7) is 3.97. The van der Waals surface area contributed by atoms with Gasteiger partial charge in [-0.3, -0.25) is 10.1 Å². The SMILES string of the molecule is CCc1c([N+](=O)[O-])ccc2c(C)cn(C)c12. The van der Waals surface area contributed by atoms with Crippen LogP contribution in [-0.2, 0) is 13.5 Å². The summed E-state index contributed by atoms with van der Waals surface area (Å²) in [5.74, 6) is 0. The molecule has 1 heterocycles. The highest BCUT2D eigenvalue weighted by Gasteiger charge is 2.18. The number of nitrogens with zero attached hydrogens (tertiary/aromatic N) is 2. The minimum Gasteiger partial charge on any atom is -0.350 e. The van der Waals surface area contributed by atoms with E-state index in [4.69, 9.17) is 0 Å². The van der Waals surface area contributed by atoms with E-state index < -0.39 is 0 Å². The normalized spacial score (nSPS) is 10.9. The predicted octanol–water partition coefficient (Wildman–Crippen LogP) is 2.96.